The second kappa shape index (κ2) is 4.26. The monoisotopic (exact) mass is 287 g/mol. The van der Waals surface area contributed by atoms with Crippen LogP contribution < -0.4 is 5.73 Å². The molecule has 1 aromatic carbocycles. The molecular formula is C8H7BrClN5. The van der Waals surface area contributed by atoms with Crippen molar-refractivity contribution >= 4 is 27.5 Å². The van der Waals surface area contributed by atoms with Crippen molar-refractivity contribution in [1.29, 1.82) is 0 Å². The van der Waals surface area contributed by atoms with E-state index < -0.39 is 0 Å². The number of nitrogens with two attached hydrogens (primary N) is 1. The molecule has 5 nitrogen and oxygen atoms in total. The van der Waals surface area contributed by atoms with E-state index in [0.717, 1.165) is 4.47 Å². The molecule has 0 atom stereocenters. The summed E-state index contributed by atoms with van der Waals surface area (Å²) in [5.74, 6) is 0.569. The van der Waals surface area contributed by atoms with Crippen molar-refractivity contribution in [3.8, 4) is 5.69 Å². The van der Waals surface area contributed by atoms with Crippen molar-refractivity contribution in [2.24, 2.45) is 5.73 Å². The SMILES string of the molecule is NCc1nnnn1-c1ccc(Br)cc1Cl. The third kappa shape index (κ3) is 2.01. The van der Waals surface area contributed by atoms with Crippen LogP contribution in [0.5, 0.6) is 0 Å². The van der Waals surface area contributed by atoms with Crippen molar-refractivity contribution in [2.45, 2.75) is 6.54 Å². The van der Waals surface area contributed by atoms with Crippen LogP contribution in [0.3, 0.4) is 0 Å². The van der Waals surface area contributed by atoms with Gasteiger partial charge in [-0.05, 0) is 28.6 Å². The van der Waals surface area contributed by atoms with E-state index in [1.54, 1.807) is 6.07 Å². The van der Waals surface area contributed by atoms with Gasteiger partial charge in [0.2, 0.25) is 0 Å². The van der Waals surface area contributed by atoms with Gasteiger partial charge in [0, 0.05) is 4.47 Å². The third-order valence-electron chi connectivity index (χ3n) is 1.85. The summed E-state index contributed by atoms with van der Waals surface area (Å²) in [4.78, 5) is 0. The summed E-state index contributed by atoms with van der Waals surface area (Å²) in [6.07, 6.45) is 0. The number of aromatic nitrogens is 4. The summed E-state index contributed by atoms with van der Waals surface area (Å²) < 4.78 is 2.42. The molecular weight excluding hydrogens is 281 g/mol. The number of rotatable bonds is 2. The Balaban J connectivity index is 2.54. The van der Waals surface area contributed by atoms with Crippen LogP contribution in [-0.2, 0) is 6.54 Å². The van der Waals surface area contributed by atoms with E-state index >= 15 is 0 Å². The molecule has 0 saturated carbocycles. The van der Waals surface area contributed by atoms with Crippen LogP contribution in [0, 0.1) is 0 Å². The maximum atomic E-state index is 6.06. The van der Waals surface area contributed by atoms with Gasteiger partial charge in [-0.15, -0.1) is 5.10 Å². The lowest BCUT2D eigenvalue weighted by Gasteiger charge is -2.05. The second-order valence-corrected chi connectivity index (χ2v) is 4.13. The van der Waals surface area contributed by atoms with Crippen molar-refractivity contribution < 1.29 is 0 Å². The van der Waals surface area contributed by atoms with Crippen LogP contribution in [0.15, 0.2) is 22.7 Å². The minimum atomic E-state index is 0.263. The maximum absolute atomic E-state index is 6.06. The van der Waals surface area contributed by atoms with E-state index in [2.05, 4.69) is 31.5 Å². The Morgan fingerprint density at radius 3 is 2.93 bits per heavy atom. The number of nitrogens with zero attached hydrogens (tertiary/aromatic N) is 4. The molecule has 0 bridgehead atoms. The molecule has 1 heterocycles. The predicted molar refractivity (Wildman–Crippen MR) is 59.8 cm³/mol. The van der Waals surface area contributed by atoms with Gasteiger partial charge in [-0.3, -0.25) is 0 Å². The average Bonchev–Trinajstić information content (AvgIpc) is 2.65. The van der Waals surface area contributed by atoms with Crippen LogP contribution in [0.25, 0.3) is 5.69 Å². The molecule has 0 fully saturated rings. The first-order chi connectivity index (χ1) is 7.22. The Kier molecular flexibility index (Phi) is 2.99. The van der Waals surface area contributed by atoms with Crippen LogP contribution in [-0.4, -0.2) is 20.2 Å². The van der Waals surface area contributed by atoms with Gasteiger partial charge in [0.15, 0.2) is 5.82 Å². The molecule has 2 rings (SSSR count). The predicted octanol–water partition coefficient (Wildman–Crippen LogP) is 1.54. The highest BCUT2D eigenvalue weighted by atomic mass is 79.9. The van der Waals surface area contributed by atoms with Gasteiger partial charge < -0.3 is 5.73 Å². The van der Waals surface area contributed by atoms with Gasteiger partial charge in [-0.25, -0.2) is 0 Å². The summed E-state index contributed by atoms with van der Waals surface area (Å²) >= 11 is 9.39. The van der Waals surface area contributed by atoms with Crippen molar-refractivity contribution in [2.75, 3.05) is 0 Å². The Hall–Kier alpha value is -0.980. The lowest BCUT2D eigenvalue weighted by atomic mass is 10.3. The van der Waals surface area contributed by atoms with E-state index in [1.807, 2.05) is 12.1 Å². The number of halogens is 2. The zero-order valence-corrected chi connectivity index (χ0v) is 9.90. The number of hydrogen-bond donors (Lipinski definition) is 1. The fourth-order valence-electron chi connectivity index (χ4n) is 1.17. The van der Waals surface area contributed by atoms with Crippen LogP contribution >= 0.6 is 27.5 Å². The lowest BCUT2D eigenvalue weighted by Crippen LogP contribution is -2.08. The molecule has 0 aliphatic carbocycles. The highest BCUT2D eigenvalue weighted by Crippen LogP contribution is 2.24. The summed E-state index contributed by atoms with van der Waals surface area (Å²) in [7, 11) is 0. The molecule has 2 N–H and O–H groups in total. The van der Waals surface area contributed by atoms with Gasteiger partial charge in [-0.1, -0.05) is 27.5 Å². The average molecular weight is 289 g/mol. The zero-order valence-electron chi connectivity index (χ0n) is 7.56. The van der Waals surface area contributed by atoms with E-state index in [1.165, 1.54) is 4.68 Å². The van der Waals surface area contributed by atoms with E-state index in [4.69, 9.17) is 17.3 Å². The summed E-state index contributed by atoms with van der Waals surface area (Å²) in [5, 5.41) is 11.7. The highest BCUT2D eigenvalue weighted by molar-refractivity contribution is 9.10. The quantitative estimate of drug-likeness (QED) is 0.910. The molecule has 0 aliphatic rings. The molecule has 7 heteroatoms. The summed E-state index contributed by atoms with van der Waals surface area (Å²) in [5.41, 5.74) is 6.21. The standard InChI is InChI=1S/C8H7BrClN5/c9-5-1-2-7(6(10)3-5)15-8(4-11)12-13-14-15/h1-3H,4,11H2. The molecule has 0 radical (unpaired) electrons. The first-order valence-electron chi connectivity index (χ1n) is 4.15. The van der Waals surface area contributed by atoms with E-state index in [-0.39, 0.29) is 6.54 Å². The Bertz CT molecular complexity index is 484. The molecule has 0 spiro atoms. The number of benzene rings is 1. The number of hydrogen-bond acceptors (Lipinski definition) is 4. The van der Waals surface area contributed by atoms with Crippen LogP contribution in [0.1, 0.15) is 5.82 Å². The molecule has 2 aromatic rings. The normalized spacial score (nSPS) is 10.6. The number of tetrazole rings is 1. The molecule has 0 unspecified atom stereocenters. The molecule has 78 valence electrons. The molecule has 1 aromatic heterocycles. The summed E-state index contributed by atoms with van der Waals surface area (Å²) in [6, 6.07) is 5.46. The van der Waals surface area contributed by atoms with Gasteiger partial charge >= 0.3 is 0 Å². The van der Waals surface area contributed by atoms with Crippen molar-refractivity contribution in [1.82, 2.24) is 20.2 Å². The van der Waals surface area contributed by atoms with Gasteiger partial charge in [0.25, 0.3) is 0 Å². The fraction of sp³-hybridized carbons (Fsp3) is 0.125. The largest absolute Gasteiger partial charge is 0.324 e. The molecule has 0 aliphatic heterocycles. The fourth-order valence-corrected chi connectivity index (χ4v) is 1.93. The molecule has 0 saturated heterocycles. The Morgan fingerprint density at radius 2 is 2.27 bits per heavy atom. The molecule has 0 amide bonds. The third-order valence-corrected chi connectivity index (χ3v) is 2.65. The van der Waals surface area contributed by atoms with Gasteiger partial charge in [0.1, 0.15) is 0 Å². The molecule has 15 heavy (non-hydrogen) atoms. The van der Waals surface area contributed by atoms with Crippen molar-refractivity contribution in [3.05, 3.63) is 33.5 Å². The van der Waals surface area contributed by atoms with E-state index in [9.17, 15) is 0 Å². The van der Waals surface area contributed by atoms with Gasteiger partial charge in [-0.2, -0.15) is 4.68 Å². The van der Waals surface area contributed by atoms with Crippen LogP contribution in [0.2, 0.25) is 5.02 Å². The summed E-state index contributed by atoms with van der Waals surface area (Å²) in [6.45, 7) is 0.263. The first-order valence-corrected chi connectivity index (χ1v) is 5.32. The highest BCUT2D eigenvalue weighted by Gasteiger charge is 2.09. The minimum absolute atomic E-state index is 0.263. The smallest absolute Gasteiger partial charge is 0.170 e. The zero-order chi connectivity index (χ0) is 10.8. The Labute approximate surface area is 99.3 Å². The van der Waals surface area contributed by atoms with Crippen molar-refractivity contribution in [3.63, 3.8) is 0 Å². The lowest BCUT2D eigenvalue weighted by molar-refractivity contribution is 0.761. The maximum Gasteiger partial charge on any atom is 0.170 e. The minimum Gasteiger partial charge on any atom is -0.324 e. The second-order valence-electron chi connectivity index (χ2n) is 2.81. The van der Waals surface area contributed by atoms with Gasteiger partial charge in [0.05, 0.1) is 17.3 Å². The van der Waals surface area contributed by atoms with E-state index in [0.29, 0.717) is 16.5 Å². The van der Waals surface area contributed by atoms with Crippen LogP contribution in [0.4, 0.5) is 0 Å². The topological polar surface area (TPSA) is 69.6 Å². The first kappa shape index (κ1) is 10.5. The Morgan fingerprint density at radius 1 is 1.47 bits per heavy atom.